The topological polar surface area (TPSA) is 55.0 Å². The number of rotatable bonds is 2. The van der Waals surface area contributed by atoms with E-state index in [1.807, 2.05) is 19.9 Å². The second kappa shape index (κ2) is 4.37. The van der Waals surface area contributed by atoms with Gasteiger partial charge in [-0.05, 0) is 26.2 Å². The van der Waals surface area contributed by atoms with Gasteiger partial charge in [0, 0.05) is 30.9 Å². The molecule has 0 bridgehead atoms. The molecular weight excluding hydrogens is 200 g/mol. The third-order valence-corrected chi connectivity index (χ3v) is 3.37. The van der Waals surface area contributed by atoms with Crippen molar-refractivity contribution in [1.29, 1.82) is 0 Å². The van der Waals surface area contributed by atoms with Gasteiger partial charge in [-0.2, -0.15) is 0 Å². The number of aryl methyl sites for hydroxylation is 2. The first-order valence-electron chi connectivity index (χ1n) is 5.91. The van der Waals surface area contributed by atoms with Crippen LogP contribution in [0.15, 0.2) is 6.07 Å². The van der Waals surface area contributed by atoms with E-state index in [1.165, 1.54) is 6.42 Å². The average Bonchev–Trinajstić information content (AvgIpc) is 2.58. The molecular formula is C12H20N4. The number of nitrogens with two attached hydrogens (primary N) is 1. The maximum absolute atomic E-state index is 5.84. The molecule has 0 aromatic carbocycles. The Labute approximate surface area is 96.9 Å². The molecule has 2 unspecified atom stereocenters. The van der Waals surface area contributed by atoms with Crippen LogP contribution in [0.25, 0.3) is 0 Å². The van der Waals surface area contributed by atoms with Gasteiger partial charge in [0.25, 0.3) is 0 Å². The zero-order valence-corrected chi connectivity index (χ0v) is 10.3. The summed E-state index contributed by atoms with van der Waals surface area (Å²) in [5, 5.41) is 0. The number of hydrogen-bond acceptors (Lipinski definition) is 4. The zero-order chi connectivity index (χ0) is 11.7. The molecule has 2 N–H and O–H groups in total. The molecule has 0 aliphatic carbocycles. The van der Waals surface area contributed by atoms with Crippen LogP contribution in [0.1, 0.15) is 24.9 Å². The first-order valence-corrected chi connectivity index (χ1v) is 5.91. The first kappa shape index (κ1) is 11.3. The van der Waals surface area contributed by atoms with Crippen molar-refractivity contribution in [3.05, 3.63) is 17.6 Å². The molecule has 0 saturated carbocycles. The van der Waals surface area contributed by atoms with Crippen molar-refractivity contribution in [1.82, 2.24) is 9.97 Å². The predicted molar refractivity (Wildman–Crippen MR) is 65.5 cm³/mol. The molecule has 2 rings (SSSR count). The minimum absolute atomic E-state index is 0.425. The highest BCUT2D eigenvalue weighted by Crippen LogP contribution is 2.27. The Hall–Kier alpha value is -1.16. The van der Waals surface area contributed by atoms with Gasteiger partial charge in [0.15, 0.2) is 0 Å². The van der Waals surface area contributed by atoms with Gasteiger partial charge >= 0.3 is 0 Å². The van der Waals surface area contributed by atoms with Crippen LogP contribution in [-0.4, -0.2) is 29.1 Å². The van der Waals surface area contributed by atoms with Crippen molar-refractivity contribution in [3.63, 3.8) is 0 Å². The van der Waals surface area contributed by atoms with E-state index in [0.29, 0.717) is 18.5 Å². The van der Waals surface area contributed by atoms with Crippen molar-refractivity contribution in [2.75, 3.05) is 18.0 Å². The van der Waals surface area contributed by atoms with Gasteiger partial charge in [-0.3, -0.25) is 0 Å². The number of aromatic nitrogens is 2. The van der Waals surface area contributed by atoms with Crippen LogP contribution >= 0.6 is 0 Å². The fourth-order valence-electron chi connectivity index (χ4n) is 2.50. The van der Waals surface area contributed by atoms with Crippen molar-refractivity contribution in [3.8, 4) is 0 Å². The molecule has 16 heavy (non-hydrogen) atoms. The lowest BCUT2D eigenvalue weighted by Crippen LogP contribution is -2.39. The van der Waals surface area contributed by atoms with E-state index in [2.05, 4.69) is 21.8 Å². The monoisotopic (exact) mass is 220 g/mol. The predicted octanol–water partition coefficient (Wildman–Crippen LogP) is 1.27. The molecule has 1 saturated heterocycles. The fraction of sp³-hybridized carbons (Fsp3) is 0.667. The van der Waals surface area contributed by atoms with Gasteiger partial charge in [-0.15, -0.1) is 0 Å². The van der Waals surface area contributed by atoms with Gasteiger partial charge in [0.2, 0.25) is 0 Å². The Morgan fingerprint density at radius 1 is 1.44 bits per heavy atom. The molecule has 0 amide bonds. The van der Waals surface area contributed by atoms with Gasteiger partial charge in [0.05, 0.1) is 0 Å². The molecule has 2 atom stereocenters. The highest BCUT2D eigenvalue weighted by molar-refractivity contribution is 5.42. The number of nitrogens with zero attached hydrogens (tertiary/aromatic N) is 3. The van der Waals surface area contributed by atoms with Crippen molar-refractivity contribution >= 4 is 5.82 Å². The summed E-state index contributed by atoms with van der Waals surface area (Å²) in [4.78, 5) is 11.1. The number of hydrogen-bond donors (Lipinski definition) is 1. The normalized spacial score (nSPS) is 25.1. The second-order valence-corrected chi connectivity index (χ2v) is 4.68. The van der Waals surface area contributed by atoms with Crippen LogP contribution in [0.3, 0.4) is 0 Å². The minimum atomic E-state index is 0.425. The Bertz CT molecular complexity index is 357. The highest BCUT2D eigenvalue weighted by Gasteiger charge is 2.30. The van der Waals surface area contributed by atoms with E-state index < -0.39 is 0 Å². The van der Waals surface area contributed by atoms with Crippen LogP contribution in [0.4, 0.5) is 5.82 Å². The summed E-state index contributed by atoms with van der Waals surface area (Å²) in [6.07, 6.45) is 1.20. The van der Waals surface area contributed by atoms with Crippen LogP contribution in [0.2, 0.25) is 0 Å². The molecule has 0 radical (unpaired) electrons. The van der Waals surface area contributed by atoms with Gasteiger partial charge in [0.1, 0.15) is 11.6 Å². The maximum Gasteiger partial charge on any atom is 0.132 e. The van der Waals surface area contributed by atoms with Gasteiger partial charge < -0.3 is 10.6 Å². The smallest absolute Gasteiger partial charge is 0.132 e. The van der Waals surface area contributed by atoms with E-state index in [1.54, 1.807) is 0 Å². The molecule has 88 valence electrons. The lowest BCUT2D eigenvalue weighted by atomic mass is 10.0. The Balaban J connectivity index is 2.29. The molecule has 1 aromatic rings. The largest absolute Gasteiger partial charge is 0.352 e. The summed E-state index contributed by atoms with van der Waals surface area (Å²) in [5.74, 6) is 2.52. The van der Waals surface area contributed by atoms with Crippen molar-refractivity contribution in [2.45, 2.75) is 33.2 Å². The van der Waals surface area contributed by atoms with Crippen molar-refractivity contribution < 1.29 is 0 Å². The minimum Gasteiger partial charge on any atom is -0.352 e. The summed E-state index contributed by atoms with van der Waals surface area (Å²) in [7, 11) is 0. The fourth-order valence-corrected chi connectivity index (χ4v) is 2.50. The van der Waals surface area contributed by atoms with E-state index >= 15 is 0 Å². The highest BCUT2D eigenvalue weighted by atomic mass is 15.2. The second-order valence-electron chi connectivity index (χ2n) is 4.68. The van der Waals surface area contributed by atoms with E-state index in [9.17, 15) is 0 Å². The quantitative estimate of drug-likeness (QED) is 0.815. The third kappa shape index (κ3) is 2.02. The first-order chi connectivity index (χ1) is 7.61. The zero-order valence-electron chi connectivity index (χ0n) is 10.3. The van der Waals surface area contributed by atoms with Crippen LogP contribution in [0.5, 0.6) is 0 Å². The molecule has 4 nitrogen and oxygen atoms in total. The summed E-state index contributed by atoms with van der Waals surface area (Å²) >= 11 is 0. The maximum atomic E-state index is 5.84. The Kier molecular flexibility index (Phi) is 3.10. The molecule has 1 aliphatic heterocycles. The van der Waals surface area contributed by atoms with E-state index in [0.717, 1.165) is 23.9 Å². The lowest BCUT2D eigenvalue weighted by molar-refractivity contribution is 0.517. The number of anilines is 1. The van der Waals surface area contributed by atoms with Crippen molar-refractivity contribution in [2.24, 2.45) is 11.7 Å². The van der Waals surface area contributed by atoms with Crippen LogP contribution in [-0.2, 0) is 0 Å². The SMILES string of the molecule is Cc1cc(N2CCC(C)C2CN)nc(C)n1. The van der Waals surface area contributed by atoms with Crippen LogP contribution < -0.4 is 10.6 Å². The summed E-state index contributed by atoms with van der Waals surface area (Å²) in [6, 6.07) is 2.47. The summed E-state index contributed by atoms with van der Waals surface area (Å²) in [5.41, 5.74) is 6.87. The summed E-state index contributed by atoms with van der Waals surface area (Å²) in [6.45, 7) is 7.96. The summed E-state index contributed by atoms with van der Waals surface area (Å²) < 4.78 is 0. The third-order valence-electron chi connectivity index (χ3n) is 3.37. The standard InChI is InChI=1S/C12H20N4/c1-8-4-5-16(11(8)7-13)12-6-9(2)14-10(3)15-12/h6,8,11H,4-5,7,13H2,1-3H3. The molecule has 1 aromatic heterocycles. The van der Waals surface area contributed by atoms with E-state index in [-0.39, 0.29) is 0 Å². The van der Waals surface area contributed by atoms with Gasteiger partial charge in [-0.25, -0.2) is 9.97 Å². The molecule has 1 fully saturated rings. The molecule has 0 spiro atoms. The van der Waals surface area contributed by atoms with E-state index in [4.69, 9.17) is 5.73 Å². The lowest BCUT2D eigenvalue weighted by Gasteiger charge is -2.27. The molecule has 2 heterocycles. The molecule has 1 aliphatic rings. The Morgan fingerprint density at radius 2 is 2.19 bits per heavy atom. The molecule has 4 heteroatoms. The average molecular weight is 220 g/mol. The van der Waals surface area contributed by atoms with Gasteiger partial charge in [-0.1, -0.05) is 6.92 Å². The Morgan fingerprint density at radius 3 is 2.81 bits per heavy atom. The van der Waals surface area contributed by atoms with Crippen LogP contribution in [0, 0.1) is 19.8 Å².